The van der Waals surface area contributed by atoms with E-state index in [4.69, 9.17) is 32.7 Å². The number of halogens is 2. The number of benzene rings is 1. The van der Waals surface area contributed by atoms with Crippen LogP contribution in [0.3, 0.4) is 0 Å². The lowest BCUT2D eigenvalue weighted by atomic mass is 10.3. The number of hydrogen-bond donors (Lipinski definition) is 1. The van der Waals surface area contributed by atoms with E-state index >= 15 is 0 Å². The third kappa shape index (κ3) is 3.96. The molecule has 0 saturated carbocycles. The summed E-state index contributed by atoms with van der Waals surface area (Å²) in [5.41, 5.74) is 0. The summed E-state index contributed by atoms with van der Waals surface area (Å²) < 4.78 is 10.7. The number of methoxy groups -OCH3 is 1. The molecule has 0 spiro atoms. The molecule has 1 N–H and O–H groups in total. The van der Waals surface area contributed by atoms with Crippen LogP contribution in [-0.2, 0) is 11.3 Å². The molecule has 1 aromatic carbocycles. The highest BCUT2D eigenvalue weighted by Crippen LogP contribution is 2.28. The van der Waals surface area contributed by atoms with Gasteiger partial charge in [0.25, 0.3) is 0 Å². The van der Waals surface area contributed by atoms with Gasteiger partial charge in [0.1, 0.15) is 18.2 Å². The summed E-state index contributed by atoms with van der Waals surface area (Å²) in [7, 11) is 3.34. The number of rotatable bonds is 5. The monoisotopic (exact) mass is 313 g/mol. The van der Waals surface area contributed by atoms with Crippen LogP contribution in [0, 0.1) is 0 Å². The van der Waals surface area contributed by atoms with Gasteiger partial charge in [0.15, 0.2) is 5.82 Å². The van der Waals surface area contributed by atoms with E-state index in [1.807, 2.05) is 0 Å². The van der Waals surface area contributed by atoms with Gasteiger partial charge in [-0.05, 0) is 18.2 Å². The predicted octanol–water partition coefficient (Wildman–Crippen LogP) is 3.76. The Balaban J connectivity index is 2.29. The van der Waals surface area contributed by atoms with Gasteiger partial charge in [-0.2, -0.15) is 4.98 Å². The van der Waals surface area contributed by atoms with Crippen LogP contribution in [0.15, 0.2) is 24.3 Å². The molecule has 0 amide bonds. The first-order valence-corrected chi connectivity index (χ1v) is 6.55. The topological polar surface area (TPSA) is 56.3 Å². The summed E-state index contributed by atoms with van der Waals surface area (Å²) in [5, 5.41) is 3.92. The second kappa shape index (κ2) is 6.74. The summed E-state index contributed by atoms with van der Waals surface area (Å²) in [6.07, 6.45) is 0. The van der Waals surface area contributed by atoms with Gasteiger partial charge in [-0.3, -0.25) is 0 Å². The number of nitrogens with zero attached hydrogens (tertiary/aromatic N) is 2. The van der Waals surface area contributed by atoms with Crippen LogP contribution in [0.5, 0.6) is 11.6 Å². The highest BCUT2D eigenvalue weighted by atomic mass is 35.5. The second-order valence-electron chi connectivity index (χ2n) is 3.90. The van der Waals surface area contributed by atoms with Gasteiger partial charge in [-0.25, -0.2) is 4.98 Å². The van der Waals surface area contributed by atoms with Crippen molar-refractivity contribution in [2.24, 2.45) is 0 Å². The maximum atomic E-state index is 5.93. The quantitative estimate of drug-likeness (QED) is 0.910. The van der Waals surface area contributed by atoms with Crippen LogP contribution in [-0.4, -0.2) is 24.1 Å². The van der Waals surface area contributed by atoms with E-state index < -0.39 is 0 Å². The van der Waals surface area contributed by atoms with Gasteiger partial charge < -0.3 is 14.8 Å². The highest BCUT2D eigenvalue weighted by molar-refractivity contribution is 6.34. The van der Waals surface area contributed by atoms with E-state index in [9.17, 15) is 0 Å². The Kier molecular flexibility index (Phi) is 5.00. The Morgan fingerprint density at radius 1 is 1.10 bits per heavy atom. The van der Waals surface area contributed by atoms with E-state index in [0.717, 1.165) is 0 Å². The van der Waals surface area contributed by atoms with E-state index in [2.05, 4.69) is 15.3 Å². The molecule has 0 fully saturated rings. The van der Waals surface area contributed by atoms with Crippen molar-refractivity contribution in [2.45, 2.75) is 6.61 Å². The predicted molar refractivity (Wildman–Crippen MR) is 78.8 cm³/mol. The maximum absolute atomic E-state index is 5.93. The Bertz CT molecular complexity index is 588. The minimum atomic E-state index is 0.294. The molecule has 0 atom stereocenters. The Morgan fingerprint density at radius 2 is 1.80 bits per heavy atom. The Morgan fingerprint density at radius 3 is 2.40 bits per heavy atom. The van der Waals surface area contributed by atoms with E-state index in [1.165, 1.54) is 0 Å². The zero-order valence-corrected chi connectivity index (χ0v) is 12.5. The van der Waals surface area contributed by atoms with Crippen molar-refractivity contribution in [1.29, 1.82) is 0 Å². The van der Waals surface area contributed by atoms with Gasteiger partial charge in [0, 0.05) is 30.3 Å². The zero-order valence-electron chi connectivity index (χ0n) is 11.0. The Labute approximate surface area is 126 Å². The summed E-state index contributed by atoms with van der Waals surface area (Å²) >= 11 is 11.9. The molecule has 0 aliphatic rings. The van der Waals surface area contributed by atoms with Crippen LogP contribution in [0.2, 0.25) is 10.0 Å². The van der Waals surface area contributed by atoms with Gasteiger partial charge in [0.2, 0.25) is 5.88 Å². The third-order valence-corrected chi connectivity index (χ3v) is 2.77. The van der Waals surface area contributed by atoms with Crippen LogP contribution in [0.4, 0.5) is 5.82 Å². The molecular weight excluding hydrogens is 301 g/mol. The van der Waals surface area contributed by atoms with Crippen molar-refractivity contribution in [3.63, 3.8) is 0 Å². The summed E-state index contributed by atoms with van der Waals surface area (Å²) in [4.78, 5) is 8.48. The molecule has 0 bridgehead atoms. The van der Waals surface area contributed by atoms with Crippen LogP contribution in [0.25, 0.3) is 0 Å². The van der Waals surface area contributed by atoms with Gasteiger partial charge in [-0.15, -0.1) is 0 Å². The molecule has 5 nitrogen and oxygen atoms in total. The summed E-state index contributed by atoms with van der Waals surface area (Å²) in [5.74, 6) is 2.04. The van der Waals surface area contributed by atoms with Gasteiger partial charge >= 0.3 is 0 Å². The molecule has 106 valence electrons. The zero-order chi connectivity index (χ0) is 14.5. The van der Waals surface area contributed by atoms with Crippen molar-refractivity contribution in [3.05, 3.63) is 40.1 Å². The molecule has 0 saturated heterocycles. The average molecular weight is 314 g/mol. The SMILES string of the molecule is CNc1cc(Oc2cc(Cl)cc(Cl)c2)nc(COC)n1. The Hall–Kier alpha value is -1.56. The molecule has 1 heterocycles. The lowest BCUT2D eigenvalue weighted by molar-refractivity contribution is 0.177. The minimum absolute atomic E-state index is 0.294. The van der Waals surface area contributed by atoms with Crippen molar-refractivity contribution >= 4 is 29.0 Å². The lowest BCUT2D eigenvalue weighted by Gasteiger charge is -2.09. The molecule has 0 aliphatic heterocycles. The fourth-order valence-corrected chi connectivity index (χ4v) is 2.06. The van der Waals surface area contributed by atoms with Crippen LogP contribution in [0.1, 0.15) is 5.82 Å². The molecule has 0 radical (unpaired) electrons. The first-order valence-electron chi connectivity index (χ1n) is 5.79. The van der Waals surface area contributed by atoms with E-state index in [-0.39, 0.29) is 0 Å². The minimum Gasteiger partial charge on any atom is -0.439 e. The second-order valence-corrected chi connectivity index (χ2v) is 4.77. The summed E-state index contributed by atoms with van der Waals surface area (Å²) in [6, 6.07) is 6.62. The number of anilines is 1. The van der Waals surface area contributed by atoms with Gasteiger partial charge in [-0.1, -0.05) is 23.2 Å². The largest absolute Gasteiger partial charge is 0.439 e. The first-order chi connectivity index (χ1) is 9.60. The third-order valence-electron chi connectivity index (χ3n) is 2.34. The summed E-state index contributed by atoms with van der Waals surface area (Å²) in [6.45, 7) is 0.294. The molecule has 2 aromatic rings. The highest BCUT2D eigenvalue weighted by Gasteiger charge is 2.07. The molecule has 1 aromatic heterocycles. The number of hydrogen-bond acceptors (Lipinski definition) is 5. The standard InChI is InChI=1S/C13H13Cl2N3O2/c1-16-11-6-13(18-12(17-11)7-19-2)20-10-4-8(14)3-9(15)5-10/h3-6H,7H2,1-2H3,(H,16,17,18). The molecule has 7 heteroatoms. The van der Waals surface area contributed by atoms with Crippen molar-refractivity contribution in [3.8, 4) is 11.6 Å². The van der Waals surface area contributed by atoms with E-state index in [0.29, 0.717) is 39.9 Å². The molecular formula is C13H13Cl2N3O2. The van der Waals surface area contributed by atoms with Crippen molar-refractivity contribution in [2.75, 3.05) is 19.5 Å². The number of ether oxygens (including phenoxy) is 2. The van der Waals surface area contributed by atoms with Crippen LogP contribution >= 0.6 is 23.2 Å². The fraction of sp³-hybridized carbons (Fsp3) is 0.231. The molecule has 0 aliphatic carbocycles. The maximum Gasteiger partial charge on any atom is 0.224 e. The molecule has 0 unspecified atom stereocenters. The normalized spacial score (nSPS) is 10.4. The average Bonchev–Trinajstić information content (AvgIpc) is 2.37. The number of aromatic nitrogens is 2. The first kappa shape index (κ1) is 14.8. The van der Waals surface area contributed by atoms with Crippen molar-refractivity contribution < 1.29 is 9.47 Å². The smallest absolute Gasteiger partial charge is 0.224 e. The number of nitrogens with one attached hydrogen (secondary N) is 1. The van der Waals surface area contributed by atoms with E-state index in [1.54, 1.807) is 38.4 Å². The molecule has 2 rings (SSSR count). The van der Waals surface area contributed by atoms with Crippen molar-refractivity contribution in [1.82, 2.24) is 9.97 Å². The fourth-order valence-electron chi connectivity index (χ4n) is 1.55. The molecule has 20 heavy (non-hydrogen) atoms. The lowest BCUT2D eigenvalue weighted by Crippen LogP contribution is -2.03. The van der Waals surface area contributed by atoms with Gasteiger partial charge in [0.05, 0.1) is 0 Å². The van der Waals surface area contributed by atoms with Crippen LogP contribution < -0.4 is 10.1 Å².